The molecule has 1 unspecified atom stereocenters. The lowest BCUT2D eigenvalue weighted by atomic mass is 9.95. The summed E-state index contributed by atoms with van der Waals surface area (Å²) < 4.78 is 5.48. The summed E-state index contributed by atoms with van der Waals surface area (Å²) in [4.78, 5) is 0. The van der Waals surface area contributed by atoms with Crippen molar-refractivity contribution in [3.05, 3.63) is 64.2 Å². The van der Waals surface area contributed by atoms with E-state index in [0.29, 0.717) is 6.61 Å². The average Bonchev–Trinajstić information content (AvgIpc) is 2.46. The summed E-state index contributed by atoms with van der Waals surface area (Å²) in [6.45, 7) is 4.72. The molecule has 2 aromatic carbocycles. The molecule has 1 N–H and O–H groups in total. The zero-order valence-electron chi connectivity index (χ0n) is 12.1. The molecule has 0 spiro atoms. The van der Waals surface area contributed by atoms with Crippen molar-refractivity contribution in [2.45, 2.75) is 19.9 Å². The molecular formula is C17H20ClNO. The number of hydrogen-bond acceptors (Lipinski definition) is 2. The van der Waals surface area contributed by atoms with Gasteiger partial charge in [-0.1, -0.05) is 35.9 Å². The van der Waals surface area contributed by atoms with E-state index >= 15 is 0 Å². The summed E-state index contributed by atoms with van der Waals surface area (Å²) in [5, 5.41) is 4.15. The second-order valence-electron chi connectivity index (χ2n) is 4.68. The Morgan fingerprint density at radius 2 is 1.85 bits per heavy atom. The van der Waals surface area contributed by atoms with Gasteiger partial charge in [0, 0.05) is 5.02 Å². The van der Waals surface area contributed by atoms with Crippen LogP contribution in [0.4, 0.5) is 0 Å². The van der Waals surface area contributed by atoms with E-state index in [0.717, 1.165) is 16.3 Å². The van der Waals surface area contributed by atoms with Crippen LogP contribution in [-0.4, -0.2) is 13.7 Å². The zero-order valence-corrected chi connectivity index (χ0v) is 12.9. The van der Waals surface area contributed by atoms with Gasteiger partial charge in [0.15, 0.2) is 0 Å². The molecule has 0 amide bonds. The molecular weight excluding hydrogens is 270 g/mol. The number of benzene rings is 2. The van der Waals surface area contributed by atoms with Gasteiger partial charge in [0.25, 0.3) is 0 Å². The van der Waals surface area contributed by atoms with Gasteiger partial charge in [0.2, 0.25) is 0 Å². The standard InChI is InChI=1S/C17H20ClNO/c1-4-20-14-10-8-13(9-11-14)17(19-3)15-6-5-7-16(18)12(15)2/h5-11,17,19H,4H2,1-3H3. The van der Waals surface area contributed by atoms with Crippen LogP contribution in [0.3, 0.4) is 0 Å². The van der Waals surface area contributed by atoms with Crippen LogP contribution < -0.4 is 10.1 Å². The molecule has 0 aromatic heterocycles. The molecule has 0 fully saturated rings. The lowest BCUT2D eigenvalue weighted by molar-refractivity contribution is 0.340. The smallest absolute Gasteiger partial charge is 0.119 e. The van der Waals surface area contributed by atoms with Crippen molar-refractivity contribution in [3.8, 4) is 5.75 Å². The molecule has 2 nitrogen and oxygen atoms in total. The SMILES string of the molecule is CCOc1ccc(C(NC)c2cccc(Cl)c2C)cc1. The maximum absolute atomic E-state index is 6.22. The van der Waals surface area contributed by atoms with E-state index in [-0.39, 0.29) is 6.04 Å². The van der Waals surface area contributed by atoms with Crippen LogP contribution in [0.15, 0.2) is 42.5 Å². The van der Waals surface area contributed by atoms with Crippen LogP contribution in [0, 0.1) is 6.92 Å². The molecule has 0 bridgehead atoms. The Labute approximate surface area is 125 Å². The van der Waals surface area contributed by atoms with E-state index in [2.05, 4.69) is 30.4 Å². The van der Waals surface area contributed by atoms with Crippen molar-refractivity contribution in [2.75, 3.05) is 13.7 Å². The van der Waals surface area contributed by atoms with Crippen molar-refractivity contribution in [2.24, 2.45) is 0 Å². The van der Waals surface area contributed by atoms with E-state index in [4.69, 9.17) is 16.3 Å². The summed E-state index contributed by atoms with van der Waals surface area (Å²) in [5.41, 5.74) is 3.51. The van der Waals surface area contributed by atoms with Gasteiger partial charge in [0.05, 0.1) is 12.6 Å². The summed E-state index contributed by atoms with van der Waals surface area (Å²) >= 11 is 6.22. The molecule has 2 rings (SSSR count). The third-order valence-electron chi connectivity index (χ3n) is 3.43. The van der Waals surface area contributed by atoms with Crippen molar-refractivity contribution in [3.63, 3.8) is 0 Å². The number of ether oxygens (including phenoxy) is 1. The topological polar surface area (TPSA) is 21.3 Å². The van der Waals surface area contributed by atoms with Crippen LogP contribution in [0.25, 0.3) is 0 Å². The maximum atomic E-state index is 6.22. The summed E-state index contributed by atoms with van der Waals surface area (Å²) in [5.74, 6) is 0.897. The van der Waals surface area contributed by atoms with E-state index in [1.807, 2.05) is 38.2 Å². The molecule has 1 atom stereocenters. The number of rotatable bonds is 5. The predicted octanol–water partition coefficient (Wildman–Crippen LogP) is 4.36. The quantitative estimate of drug-likeness (QED) is 0.883. The van der Waals surface area contributed by atoms with Gasteiger partial charge in [-0.15, -0.1) is 0 Å². The number of hydrogen-bond donors (Lipinski definition) is 1. The fourth-order valence-corrected chi connectivity index (χ4v) is 2.54. The predicted molar refractivity (Wildman–Crippen MR) is 84.7 cm³/mol. The first-order chi connectivity index (χ1) is 9.67. The average molecular weight is 290 g/mol. The van der Waals surface area contributed by atoms with E-state index < -0.39 is 0 Å². The Morgan fingerprint density at radius 1 is 1.15 bits per heavy atom. The first-order valence-corrected chi connectivity index (χ1v) is 7.20. The highest BCUT2D eigenvalue weighted by Gasteiger charge is 2.15. The zero-order chi connectivity index (χ0) is 14.5. The van der Waals surface area contributed by atoms with Crippen LogP contribution in [-0.2, 0) is 0 Å². The molecule has 0 radical (unpaired) electrons. The molecule has 0 aliphatic carbocycles. The summed E-state index contributed by atoms with van der Waals surface area (Å²) in [6, 6.07) is 14.3. The third kappa shape index (κ3) is 3.14. The fourth-order valence-electron chi connectivity index (χ4n) is 2.36. The molecule has 0 aliphatic rings. The number of halogens is 1. The van der Waals surface area contributed by atoms with Gasteiger partial charge >= 0.3 is 0 Å². The summed E-state index contributed by atoms with van der Waals surface area (Å²) in [7, 11) is 1.96. The monoisotopic (exact) mass is 289 g/mol. The fraction of sp³-hybridized carbons (Fsp3) is 0.294. The van der Waals surface area contributed by atoms with E-state index in [1.165, 1.54) is 11.1 Å². The largest absolute Gasteiger partial charge is 0.494 e. The normalized spacial score (nSPS) is 12.2. The van der Waals surface area contributed by atoms with E-state index in [9.17, 15) is 0 Å². The Morgan fingerprint density at radius 3 is 2.45 bits per heavy atom. The van der Waals surface area contributed by atoms with Crippen molar-refractivity contribution < 1.29 is 4.74 Å². The number of nitrogens with one attached hydrogen (secondary N) is 1. The highest BCUT2D eigenvalue weighted by molar-refractivity contribution is 6.31. The van der Waals surface area contributed by atoms with Crippen LogP contribution >= 0.6 is 11.6 Å². The minimum Gasteiger partial charge on any atom is -0.494 e. The van der Waals surface area contributed by atoms with Gasteiger partial charge < -0.3 is 10.1 Å². The highest BCUT2D eigenvalue weighted by Crippen LogP contribution is 2.29. The van der Waals surface area contributed by atoms with Crippen LogP contribution in [0.1, 0.15) is 29.7 Å². The molecule has 3 heteroatoms. The second-order valence-corrected chi connectivity index (χ2v) is 5.08. The Balaban J connectivity index is 2.34. The lowest BCUT2D eigenvalue weighted by Gasteiger charge is -2.20. The van der Waals surface area contributed by atoms with Crippen LogP contribution in [0.5, 0.6) is 5.75 Å². The molecule has 0 aliphatic heterocycles. The van der Waals surface area contributed by atoms with Gasteiger partial charge in [0.1, 0.15) is 5.75 Å². The first-order valence-electron chi connectivity index (χ1n) is 6.82. The van der Waals surface area contributed by atoms with Crippen molar-refractivity contribution in [1.82, 2.24) is 5.32 Å². The summed E-state index contributed by atoms with van der Waals surface area (Å²) in [6.07, 6.45) is 0. The minimum atomic E-state index is 0.129. The minimum absolute atomic E-state index is 0.129. The second kappa shape index (κ2) is 6.78. The first kappa shape index (κ1) is 14.9. The lowest BCUT2D eigenvalue weighted by Crippen LogP contribution is -2.18. The van der Waals surface area contributed by atoms with Crippen LogP contribution in [0.2, 0.25) is 5.02 Å². The maximum Gasteiger partial charge on any atom is 0.119 e. The highest BCUT2D eigenvalue weighted by atomic mass is 35.5. The molecule has 2 aromatic rings. The van der Waals surface area contributed by atoms with Crippen molar-refractivity contribution in [1.29, 1.82) is 0 Å². The Kier molecular flexibility index (Phi) is 5.05. The van der Waals surface area contributed by atoms with Crippen molar-refractivity contribution >= 4 is 11.6 Å². The van der Waals surface area contributed by atoms with Gasteiger partial charge in [-0.2, -0.15) is 0 Å². The molecule has 106 valence electrons. The molecule has 0 saturated carbocycles. The van der Waals surface area contributed by atoms with Gasteiger partial charge in [-0.25, -0.2) is 0 Å². The van der Waals surface area contributed by atoms with E-state index in [1.54, 1.807) is 0 Å². The Hall–Kier alpha value is -1.51. The molecule has 0 saturated heterocycles. The Bertz CT molecular complexity index is 566. The van der Waals surface area contributed by atoms with Gasteiger partial charge in [-0.3, -0.25) is 0 Å². The molecule has 20 heavy (non-hydrogen) atoms. The molecule has 0 heterocycles. The van der Waals surface area contributed by atoms with Gasteiger partial charge in [-0.05, 0) is 55.8 Å². The third-order valence-corrected chi connectivity index (χ3v) is 3.84.